The Kier molecular flexibility index (Phi) is 6.72. The highest BCUT2D eigenvalue weighted by Gasteiger charge is 2.54. The van der Waals surface area contributed by atoms with Crippen LogP contribution in [0.4, 0.5) is 5.82 Å². The predicted octanol–water partition coefficient (Wildman–Crippen LogP) is -0.634. The van der Waals surface area contributed by atoms with Gasteiger partial charge >= 0.3 is 23.5 Å². The average molecular weight is 520 g/mol. The third-order valence-electron chi connectivity index (χ3n) is 4.37. The van der Waals surface area contributed by atoms with Crippen molar-refractivity contribution in [2.45, 2.75) is 31.0 Å². The lowest BCUT2D eigenvalue weighted by molar-refractivity contribution is -0.0947. The second kappa shape index (κ2) is 8.49. The summed E-state index contributed by atoms with van der Waals surface area (Å²) in [6, 6.07) is 1.54. The molecule has 0 saturated carbocycles. The first-order valence-electron chi connectivity index (χ1n) is 8.44. The number of hydrogen-bond donors (Lipinski definition) is 7. The molecule has 0 radical (unpaired) electrons. The van der Waals surface area contributed by atoms with Crippen molar-refractivity contribution >= 4 is 40.3 Å². The maximum absolute atomic E-state index is 11.9. The summed E-state index contributed by atoms with van der Waals surface area (Å²) >= 11 is 0. The van der Waals surface area contributed by atoms with Crippen LogP contribution in [-0.2, 0) is 31.6 Å². The zero-order chi connectivity index (χ0) is 24.1. The summed E-state index contributed by atoms with van der Waals surface area (Å²) in [4.78, 5) is 43.6. The molecule has 0 aromatic carbocycles. The summed E-state index contributed by atoms with van der Waals surface area (Å²) in [5.74, 6) is 0.149. The summed E-state index contributed by atoms with van der Waals surface area (Å²) in [6.07, 6.45) is -1.82. The van der Waals surface area contributed by atoms with E-state index in [1.807, 2.05) is 0 Å². The van der Waals surface area contributed by atoms with E-state index in [2.05, 4.69) is 23.1 Å². The summed E-state index contributed by atoms with van der Waals surface area (Å²) in [7, 11) is -16.7. The van der Waals surface area contributed by atoms with Crippen molar-refractivity contribution in [1.29, 1.82) is 0 Å². The first-order chi connectivity index (χ1) is 14.5. The summed E-state index contributed by atoms with van der Waals surface area (Å²) in [5, 5.41) is 21.6. The third-order valence-corrected chi connectivity index (χ3v) is 8.17. The zero-order valence-electron chi connectivity index (χ0n) is 16.0. The maximum Gasteiger partial charge on any atom is 0.490 e. The Morgan fingerprint density at radius 2 is 1.84 bits per heavy atom. The fourth-order valence-corrected chi connectivity index (χ4v) is 6.06. The molecule has 8 N–H and O–H groups in total. The molecule has 0 spiro atoms. The fraction of sp³-hybridized carbons (Fsp3) is 0.500. The van der Waals surface area contributed by atoms with Crippen molar-refractivity contribution in [3.05, 3.63) is 18.6 Å². The van der Waals surface area contributed by atoms with E-state index >= 15 is 0 Å². The predicted molar refractivity (Wildman–Crippen MR) is 102 cm³/mol. The Morgan fingerprint density at radius 3 is 2.47 bits per heavy atom. The average Bonchev–Trinajstić information content (AvgIpc) is 3.11. The van der Waals surface area contributed by atoms with Gasteiger partial charge in [-0.05, 0) is 13.0 Å². The van der Waals surface area contributed by atoms with Crippen LogP contribution in [0.25, 0.3) is 11.0 Å². The highest BCUT2D eigenvalue weighted by molar-refractivity contribution is 7.66. The van der Waals surface area contributed by atoms with Crippen molar-refractivity contribution in [3.8, 4) is 0 Å². The molecule has 0 amide bonds. The van der Waals surface area contributed by atoms with E-state index < -0.39 is 54.1 Å². The lowest BCUT2D eigenvalue weighted by Crippen LogP contribution is -2.44. The number of rotatable bonds is 8. The van der Waals surface area contributed by atoms with Gasteiger partial charge in [0.1, 0.15) is 35.6 Å². The number of hydrogen-bond acceptors (Lipinski definition) is 12. The molecule has 1 saturated heterocycles. The number of nitrogens with two attached hydrogens (primary N) is 1. The molecular weight excluding hydrogens is 501 g/mol. The molecular formula is C12H19N4O13P3. The third kappa shape index (κ3) is 5.43. The molecule has 2 aromatic heterocycles. The topological polar surface area (TPSA) is 266 Å². The number of nitrogens with zero attached hydrogens (tertiary/aromatic N) is 3. The van der Waals surface area contributed by atoms with Gasteiger partial charge in [-0.3, -0.25) is 4.52 Å². The monoisotopic (exact) mass is 520 g/mol. The molecule has 3 heterocycles. The minimum Gasteiger partial charge on any atom is -0.387 e. The normalized spacial score (nSPS) is 30.3. The molecule has 0 bridgehead atoms. The maximum atomic E-state index is 11.9. The van der Waals surface area contributed by atoms with Gasteiger partial charge in [-0.1, -0.05) is 0 Å². The second-order valence-corrected chi connectivity index (χ2v) is 11.2. The van der Waals surface area contributed by atoms with Gasteiger partial charge in [0.2, 0.25) is 0 Å². The Morgan fingerprint density at radius 1 is 1.19 bits per heavy atom. The van der Waals surface area contributed by atoms with Crippen molar-refractivity contribution < 1.29 is 61.4 Å². The quantitative estimate of drug-likeness (QED) is 0.213. The van der Waals surface area contributed by atoms with Gasteiger partial charge < -0.3 is 44.8 Å². The van der Waals surface area contributed by atoms with Crippen molar-refractivity contribution in [3.63, 3.8) is 0 Å². The summed E-state index contributed by atoms with van der Waals surface area (Å²) in [6.45, 7) is 0.261. The van der Waals surface area contributed by atoms with Crippen LogP contribution in [0.3, 0.4) is 0 Å². The number of aromatic nitrogens is 3. The first kappa shape index (κ1) is 25.3. The van der Waals surface area contributed by atoms with Crippen LogP contribution >= 0.6 is 23.5 Å². The number of aliphatic hydroxyl groups excluding tert-OH is 1. The molecule has 0 aliphatic carbocycles. The first-order valence-corrected chi connectivity index (χ1v) is 13.0. The Hall–Kier alpha value is -1.29. The van der Waals surface area contributed by atoms with E-state index in [1.54, 1.807) is 0 Å². The number of fused-ring (bicyclic) bond motifs is 1. The van der Waals surface area contributed by atoms with Crippen LogP contribution in [0, 0.1) is 0 Å². The molecule has 6 atom stereocenters. The highest BCUT2D eigenvalue weighted by Crippen LogP contribution is 2.66. The van der Waals surface area contributed by atoms with E-state index in [0.717, 1.165) is 0 Å². The second-order valence-electron chi connectivity index (χ2n) is 6.80. The van der Waals surface area contributed by atoms with Gasteiger partial charge in [0.05, 0.1) is 12.0 Å². The molecule has 180 valence electrons. The minimum atomic E-state index is -5.71. The number of ether oxygens (including phenoxy) is 1. The molecule has 32 heavy (non-hydrogen) atoms. The number of phosphoric ester groups is 1. The minimum absolute atomic E-state index is 0.149. The van der Waals surface area contributed by atoms with Crippen molar-refractivity contribution in [2.75, 3.05) is 12.3 Å². The number of phosphoric acid groups is 3. The van der Waals surface area contributed by atoms with E-state index in [1.165, 1.54) is 30.1 Å². The molecule has 1 aliphatic rings. The molecule has 1 fully saturated rings. The van der Waals surface area contributed by atoms with E-state index in [4.69, 9.17) is 25.2 Å². The van der Waals surface area contributed by atoms with Gasteiger partial charge in [-0.15, -0.1) is 0 Å². The van der Waals surface area contributed by atoms with E-state index in [0.29, 0.717) is 5.39 Å². The Bertz CT molecular complexity index is 1150. The van der Waals surface area contributed by atoms with Gasteiger partial charge in [-0.2, -0.15) is 8.62 Å². The molecule has 2 aromatic rings. The lowest BCUT2D eigenvalue weighted by Gasteiger charge is -2.27. The van der Waals surface area contributed by atoms with Gasteiger partial charge in [0.25, 0.3) is 0 Å². The Labute approximate surface area is 178 Å². The highest BCUT2D eigenvalue weighted by atomic mass is 31.3. The fourth-order valence-electron chi connectivity index (χ4n) is 3.03. The van der Waals surface area contributed by atoms with Crippen molar-refractivity contribution in [2.24, 2.45) is 0 Å². The summed E-state index contributed by atoms with van der Waals surface area (Å²) < 4.78 is 52.5. The Balaban J connectivity index is 1.74. The molecule has 2 unspecified atom stereocenters. The van der Waals surface area contributed by atoms with Crippen molar-refractivity contribution in [1.82, 2.24) is 14.5 Å². The summed E-state index contributed by atoms with van der Waals surface area (Å²) in [5.41, 5.74) is 4.04. The number of anilines is 1. The van der Waals surface area contributed by atoms with E-state index in [-0.39, 0.29) is 11.5 Å². The van der Waals surface area contributed by atoms with Crippen LogP contribution < -0.4 is 5.73 Å². The molecule has 20 heteroatoms. The van der Waals surface area contributed by atoms with E-state index in [9.17, 15) is 28.8 Å². The van der Waals surface area contributed by atoms with Gasteiger partial charge in [0, 0.05) is 6.20 Å². The molecule has 17 nitrogen and oxygen atoms in total. The standard InChI is InChI=1S/C12H19N4O13P3/c1-12(18)8(17)7(4-26-31(22,23)29-32(24,25)28-30(19,20)21)27-11(12)16-3-2-6-9(13)14-5-15-10(6)16/h2-3,5,7-8,11,17-18H,4H2,1H3,(H,22,23)(H,24,25)(H2,13,14,15)(H2,19,20,21)/t7-,8-,11-,12+/m1/s1. The number of nitrogen functional groups attached to an aromatic ring is 1. The zero-order valence-corrected chi connectivity index (χ0v) is 18.7. The van der Waals surface area contributed by atoms with Crippen LogP contribution in [0.2, 0.25) is 0 Å². The van der Waals surface area contributed by atoms with Crippen LogP contribution in [-0.4, -0.2) is 68.7 Å². The molecule has 1 aliphatic heterocycles. The van der Waals surface area contributed by atoms with Crippen LogP contribution in [0.15, 0.2) is 18.6 Å². The lowest BCUT2D eigenvalue weighted by atomic mass is 9.96. The molecule has 3 rings (SSSR count). The van der Waals surface area contributed by atoms with Gasteiger partial charge in [-0.25, -0.2) is 23.7 Å². The van der Waals surface area contributed by atoms with Gasteiger partial charge in [0.15, 0.2) is 6.23 Å². The van der Waals surface area contributed by atoms with Crippen LogP contribution in [0.1, 0.15) is 13.2 Å². The SMILES string of the molecule is C[C@]1(O)[C@H](O)[C@@H](COP(=O)(O)OP(=O)(O)OP(=O)(O)O)O[C@H]1n1ccc2c(N)ncnc21. The number of aliphatic hydroxyl groups is 2. The smallest absolute Gasteiger partial charge is 0.387 e. The van der Waals surface area contributed by atoms with Crippen LogP contribution in [0.5, 0.6) is 0 Å². The largest absolute Gasteiger partial charge is 0.490 e.